The minimum absolute atomic E-state index is 0.0495. The molecule has 0 aliphatic carbocycles. The summed E-state index contributed by atoms with van der Waals surface area (Å²) >= 11 is 3.42. The van der Waals surface area contributed by atoms with Gasteiger partial charge >= 0.3 is 5.97 Å². The standard InChI is InChI=1S/C14H19BrN2O3/c1-9(11-5-4-6-12(15)7-11)16-8-13(14(19)20-3)17-10(2)18/h4-7,9,13,16H,8H2,1-3H3,(H,17,18)/t9-,13?/m0/s1. The van der Waals surface area contributed by atoms with E-state index in [1.807, 2.05) is 31.2 Å². The van der Waals surface area contributed by atoms with Gasteiger partial charge in [-0.05, 0) is 24.6 Å². The van der Waals surface area contributed by atoms with E-state index in [9.17, 15) is 9.59 Å². The number of amides is 1. The molecular weight excluding hydrogens is 324 g/mol. The largest absolute Gasteiger partial charge is 0.467 e. The van der Waals surface area contributed by atoms with Crippen molar-refractivity contribution in [3.05, 3.63) is 34.3 Å². The van der Waals surface area contributed by atoms with Crippen LogP contribution in [-0.2, 0) is 14.3 Å². The van der Waals surface area contributed by atoms with Crippen molar-refractivity contribution < 1.29 is 14.3 Å². The van der Waals surface area contributed by atoms with E-state index < -0.39 is 12.0 Å². The maximum atomic E-state index is 11.6. The first-order valence-electron chi connectivity index (χ1n) is 6.27. The highest BCUT2D eigenvalue weighted by atomic mass is 79.9. The van der Waals surface area contributed by atoms with Crippen molar-refractivity contribution in [2.75, 3.05) is 13.7 Å². The lowest BCUT2D eigenvalue weighted by Crippen LogP contribution is -2.47. The molecule has 2 atom stereocenters. The molecule has 0 fully saturated rings. The zero-order valence-corrected chi connectivity index (χ0v) is 13.4. The van der Waals surface area contributed by atoms with Crippen LogP contribution in [-0.4, -0.2) is 31.6 Å². The second-order valence-electron chi connectivity index (χ2n) is 4.46. The van der Waals surface area contributed by atoms with Gasteiger partial charge in [0.05, 0.1) is 7.11 Å². The first kappa shape index (κ1) is 16.7. The molecule has 1 aromatic rings. The van der Waals surface area contributed by atoms with Crippen LogP contribution in [0.4, 0.5) is 0 Å². The Morgan fingerprint density at radius 1 is 1.40 bits per heavy atom. The molecule has 2 N–H and O–H groups in total. The van der Waals surface area contributed by atoms with Gasteiger partial charge in [0.15, 0.2) is 0 Å². The maximum Gasteiger partial charge on any atom is 0.329 e. The van der Waals surface area contributed by atoms with Crippen LogP contribution in [0, 0.1) is 0 Å². The number of hydrogen-bond acceptors (Lipinski definition) is 4. The summed E-state index contributed by atoms with van der Waals surface area (Å²) in [6, 6.07) is 7.26. The van der Waals surface area contributed by atoms with Gasteiger partial charge in [-0.15, -0.1) is 0 Å². The molecule has 0 bridgehead atoms. The molecular formula is C14H19BrN2O3. The predicted octanol–water partition coefficient (Wildman–Crippen LogP) is 1.78. The summed E-state index contributed by atoms with van der Waals surface area (Å²) in [7, 11) is 1.30. The lowest BCUT2D eigenvalue weighted by atomic mass is 10.1. The lowest BCUT2D eigenvalue weighted by Gasteiger charge is -2.20. The highest BCUT2D eigenvalue weighted by Crippen LogP contribution is 2.17. The van der Waals surface area contributed by atoms with Gasteiger partial charge in [-0.1, -0.05) is 28.1 Å². The smallest absolute Gasteiger partial charge is 0.329 e. The van der Waals surface area contributed by atoms with Crippen LogP contribution in [0.3, 0.4) is 0 Å². The van der Waals surface area contributed by atoms with E-state index in [-0.39, 0.29) is 11.9 Å². The van der Waals surface area contributed by atoms with Crippen LogP contribution in [0.1, 0.15) is 25.5 Å². The fourth-order valence-corrected chi connectivity index (χ4v) is 2.19. The molecule has 0 radical (unpaired) electrons. The summed E-state index contributed by atoms with van der Waals surface area (Å²) in [5.41, 5.74) is 1.09. The number of carbonyl (C=O) groups excluding carboxylic acids is 2. The van der Waals surface area contributed by atoms with E-state index >= 15 is 0 Å². The number of rotatable bonds is 6. The summed E-state index contributed by atoms with van der Waals surface area (Å²) in [6.45, 7) is 3.66. The highest BCUT2D eigenvalue weighted by molar-refractivity contribution is 9.10. The zero-order valence-electron chi connectivity index (χ0n) is 11.8. The van der Waals surface area contributed by atoms with E-state index in [2.05, 4.69) is 31.3 Å². The van der Waals surface area contributed by atoms with Crippen LogP contribution in [0.2, 0.25) is 0 Å². The highest BCUT2D eigenvalue weighted by Gasteiger charge is 2.20. The van der Waals surface area contributed by atoms with Crippen molar-refractivity contribution in [1.82, 2.24) is 10.6 Å². The Kier molecular flexibility index (Phi) is 6.67. The number of esters is 1. The number of benzene rings is 1. The molecule has 0 aliphatic heterocycles. The Morgan fingerprint density at radius 2 is 2.10 bits per heavy atom. The first-order valence-corrected chi connectivity index (χ1v) is 7.07. The molecule has 1 amide bonds. The van der Waals surface area contributed by atoms with Gasteiger partial charge < -0.3 is 15.4 Å². The molecule has 0 spiro atoms. The fraction of sp³-hybridized carbons (Fsp3) is 0.429. The van der Waals surface area contributed by atoms with Crippen LogP contribution >= 0.6 is 15.9 Å². The Morgan fingerprint density at radius 3 is 2.65 bits per heavy atom. The van der Waals surface area contributed by atoms with Gasteiger partial charge in [0.1, 0.15) is 6.04 Å². The average molecular weight is 343 g/mol. The van der Waals surface area contributed by atoms with Gasteiger partial charge in [-0.25, -0.2) is 4.79 Å². The molecule has 1 unspecified atom stereocenters. The van der Waals surface area contributed by atoms with Crippen molar-refractivity contribution >= 4 is 27.8 Å². The minimum atomic E-state index is -0.688. The second kappa shape index (κ2) is 8.01. The molecule has 0 saturated carbocycles. The van der Waals surface area contributed by atoms with E-state index in [1.165, 1.54) is 14.0 Å². The quantitative estimate of drug-likeness (QED) is 0.773. The van der Waals surface area contributed by atoms with Crippen molar-refractivity contribution in [3.8, 4) is 0 Å². The molecule has 1 aromatic carbocycles. The van der Waals surface area contributed by atoms with Crippen LogP contribution in [0.5, 0.6) is 0 Å². The third kappa shape index (κ3) is 5.30. The van der Waals surface area contributed by atoms with Crippen LogP contribution in [0.15, 0.2) is 28.7 Å². The van der Waals surface area contributed by atoms with E-state index in [0.717, 1.165) is 10.0 Å². The summed E-state index contributed by atoms with van der Waals surface area (Å²) < 4.78 is 5.66. The molecule has 6 heteroatoms. The number of hydrogen-bond donors (Lipinski definition) is 2. The SMILES string of the molecule is COC(=O)C(CN[C@@H](C)c1cccc(Br)c1)NC(C)=O. The molecule has 0 aromatic heterocycles. The zero-order chi connectivity index (χ0) is 15.1. The molecule has 0 saturated heterocycles. The number of halogens is 1. The third-order valence-electron chi connectivity index (χ3n) is 2.84. The van der Waals surface area contributed by atoms with Crippen molar-refractivity contribution in [1.29, 1.82) is 0 Å². The van der Waals surface area contributed by atoms with E-state index in [1.54, 1.807) is 0 Å². The van der Waals surface area contributed by atoms with Crippen LogP contribution in [0.25, 0.3) is 0 Å². The second-order valence-corrected chi connectivity index (χ2v) is 5.38. The van der Waals surface area contributed by atoms with Crippen molar-refractivity contribution in [2.24, 2.45) is 0 Å². The molecule has 0 heterocycles. The molecule has 20 heavy (non-hydrogen) atoms. The van der Waals surface area contributed by atoms with Gasteiger partial charge in [-0.3, -0.25) is 4.79 Å². The molecule has 0 aliphatic rings. The Labute approximate surface area is 127 Å². The van der Waals surface area contributed by atoms with Gasteiger partial charge in [-0.2, -0.15) is 0 Å². The van der Waals surface area contributed by atoms with Gasteiger partial charge in [0.2, 0.25) is 5.91 Å². The van der Waals surface area contributed by atoms with Crippen molar-refractivity contribution in [2.45, 2.75) is 25.9 Å². The number of carbonyl (C=O) groups is 2. The monoisotopic (exact) mass is 342 g/mol. The van der Waals surface area contributed by atoms with Crippen molar-refractivity contribution in [3.63, 3.8) is 0 Å². The molecule has 5 nitrogen and oxygen atoms in total. The predicted molar refractivity (Wildman–Crippen MR) is 80.2 cm³/mol. The summed E-state index contributed by atoms with van der Waals surface area (Å²) in [5, 5.41) is 5.77. The summed E-state index contributed by atoms with van der Waals surface area (Å²) in [5.74, 6) is -0.730. The average Bonchev–Trinajstić information content (AvgIpc) is 2.41. The topological polar surface area (TPSA) is 67.4 Å². The van der Waals surface area contributed by atoms with E-state index in [0.29, 0.717) is 6.54 Å². The van der Waals surface area contributed by atoms with Crippen LogP contribution < -0.4 is 10.6 Å². The maximum absolute atomic E-state index is 11.6. The van der Waals surface area contributed by atoms with Gasteiger partial charge in [0, 0.05) is 24.0 Å². The summed E-state index contributed by atoms with van der Waals surface area (Å²) in [6.07, 6.45) is 0. The minimum Gasteiger partial charge on any atom is -0.467 e. The Balaban J connectivity index is 2.62. The van der Waals surface area contributed by atoms with Gasteiger partial charge in [0.25, 0.3) is 0 Å². The first-order chi connectivity index (χ1) is 9.43. The Hall–Kier alpha value is -1.40. The fourth-order valence-electron chi connectivity index (χ4n) is 1.77. The molecule has 1 rings (SSSR count). The normalized spacial score (nSPS) is 13.4. The Bertz CT molecular complexity index is 479. The molecule has 110 valence electrons. The number of ether oxygens (including phenoxy) is 1. The van der Waals surface area contributed by atoms with E-state index in [4.69, 9.17) is 0 Å². The number of methoxy groups -OCH3 is 1. The summed E-state index contributed by atoms with van der Waals surface area (Å²) in [4.78, 5) is 22.6. The third-order valence-corrected chi connectivity index (χ3v) is 3.33. The lowest BCUT2D eigenvalue weighted by molar-refractivity contribution is -0.144. The number of nitrogens with one attached hydrogen (secondary N) is 2.